The number of hydrogen-bond donors (Lipinski definition) is 0. The highest BCUT2D eigenvalue weighted by Crippen LogP contribution is 2.47. The molecule has 2 heterocycles. The second kappa shape index (κ2) is 14.2. The Morgan fingerprint density at radius 2 is 0.980 bits per heavy atom. The van der Waals surface area contributed by atoms with Crippen molar-refractivity contribution in [2.45, 2.75) is 26.7 Å². The Bertz CT molecular complexity index is 1710. The number of rotatable bonds is 14. The summed E-state index contributed by atoms with van der Waals surface area (Å²) in [6, 6.07) is 24.8. The number of esters is 2. The molecular formula is C40H40O10. The van der Waals surface area contributed by atoms with E-state index in [1.54, 1.807) is 60.7 Å². The molecule has 0 amide bonds. The van der Waals surface area contributed by atoms with Gasteiger partial charge >= 0.3 is 11.9 Å². The van der Waals surface area contributed by atoms with Crippen molar-refractivity contribution in [1.82, 2.24) is 0 Å². The van der Waals surface area contributed by atoms with Crippen molar-refractivity contribution in [2.75, 3.05) is 53.2 Å². The minimum absolute atomic E-state index is 0.00610. The summed E-state index contributed by atoms with van der Waals surface area (Å²) in [5, 5.41) is 0. The first-order chi connectivity index (χ1) is 24.2. The topological polar surface area (TPSA) is 108 Å². The second-order valence-electron chi connectivity index (χ2n) is 13.9. The maximum Gasteiger partial charge on any atom is 0.343 e. The van der Waals surface area contributed by atoms with Crippen LogP contribution in [0, 0.1) is 10.8 Å². The molecule has 0 spiro atoms. The fraction of sp³-hybridized carbons (Fsp3) is 0.350. The third kappa shape index (κ3) is 7.53. The monoisotopic (exact) mass is 680 g/mol. The van der Waals surface area contributed by atoms with Gasteiger partial charge in [-0.05, 0) is 95.1 Å². The molecule has 10 nitrogen and oxygen atoms in total. The molecule has 0 bridgehead atoms. The molecule has 0 radical (unpaired) electrons. The fourth-order valence-corrected chi connectivity index (χ4v) is 6.15. The van der Waals surface area contributed by atoms with E-state index in [1.807, 2.05) is 24.3 Å². The van der Waals surface area contributed by atoms with Crippen molar-refractivity contribution in [1.29, 1.82) is 0 Å². The van der Waals surface area contributed by atoms with E-state index in [-0.39, 0.29) is 30.3 Å². The Hall–Kier alpha value is -4.74. The molecule has 2 aliphatic heterocycles. The summed E-state index contributed by atoms with van der Waals surface area (Å²) in [5.41, 5.74) is 5.05. The van der Waals surface area contributed by atoms with Gasteiger partial charge in [-0.3, -0.25) is 0 Å². The van der Waals surface area contributed by atoms with Crippen molar-refractivity contribution in [2.24, 2.45) is 10.8 Å². The van der Waals surface area contributed by atoms with Crippen LogP contribution in [0.3, 0.4) is 0 Å². The lowest BCUT2D eigenvalue weighted by molar-refractivity contribution is -0.151. The van der Waals surface area contributed by atoms with Gasteiger partial charge in [-0.15, -0.1) is 0 Å². The van der Waals surface area contributed by atoms with Crippen LogP contribution in [0.25, 0.3) is 11.1 Å². The number of carbonyl (C=O) groups excluding carboxylic acids is 2. The molecule has 2 saturated heterocycles. The number of ether oxygens (including phenoxy) is 8. The van der Waals surface area contributed by atoms with Crippen molar-refractivity contribution >= 4 is 11.9 Å². The molecular weight excluding hydrogens is 640 g/mol. The molecule has 0 N–H and O–H groups in total. The van der Waals surface area contributed by atoms with Gasteiger partial charge in [0.05, 0.1) is 50.8 Å². The van der Waals surface area contributed by atoms with Crippen molar-refractivity contribution in [3.05, 3.63) is 107 Å². The van der Waals surface area contributed by atoms with Crippen LogP contribution in [-0.2, 0) is 18.9 Å². The average Bonchev–Trinajstić information content (AvgIpc) is 3.37. The van der Waals surface area contributed by atoms with Gasteiger partial charge in [0.15, 0.2) is 13.6 Å². The maximum absolute atomic E-state index is 13.0. The third-order valence-corrected chi connectivity index (χ3v) is 9.19. The fourth-order valence-electron chi connectivity index (χ4n) is 6.15. The Balaban J connectivity index is 0.910. The van der Waals surface area contributed by atoms with Gasteiger partial charge in [-0.25, -0.2) is 9.59 Å². The van der Waals surface area contributed by atoms with Crippen molar-refractivity contribution in [3.8, 4) is 34.1 Å². The van der Waals surface area contributed by atoms with Crippen LogP contribution in [0.2, 0.25) is 0 Å². The zero-order chi connectivity index (χ0) is 34.7. The van der Waals surface area contributed by atoms with Crippen LogP contribution >= 0.6 is 0 Å². The summed E-state index contributed by atoms with van der Waals surface area (Å²) in [5.74, 6) is 1.15. The van der Waals surface area contributed by atoms with E-state index in [0.717, 1.165) is 22.3 Å². The third-order valence-electron chi connectivity index (χ3n) is 9.19. The minimum Gasteiger partial charge on any atom is -0.468 e. The van der Waals surface area contributed by atoms with Crippen molar-refractivity contribution < 1.29 is 47.5 Å². The lowest BCUT2D eigenvalue weighted by atomic mass is 9.90. The lowest BCUT2D eigenvalue weighted by Gasteiger charge is -2.37. The number of benzene rings is 4. The summed E-state index contributed by atoms with van der Waals surface area (Å²) in [7, 11) is 0. The summed E-state index contributed by atoms with van der Waals surface area (Å²) < 4.78 is 44.5. The SMILES string of the molecule is CC1c2cc(OC(=O)c3ccc(OCOCC4(C)COC4)cc3)ccc2-c2ccc(OC(=O)c3ccc(OCOCC4(C)COC4)cc3)cc21. The summed E-state index contributed by atoms with van der Waals surface area (Å²) in [6.07, 6.45) is 0. The lowest BCUT2D eigenvalue weighted by Crippen LogP contribution is -2.43. The van der Waals surface area contributed by atoms with Crippen LogP contribution < -0.4 is 18.9 Å². The zero-order valence-electron chi connectivity index (χ0n) is 28.4. The molecule has 4 aromatic rings. The zero-order valence-corrected chi connectivity index (χ0v) is 28.4. The first-order valence-corrected chi connectivity index (χ1v) is 16.7. The highest BCUT2D eigenvalue weighted by molar-refractivity contribution is 5.92. The van der Waals surface area contributed by atoms with E-state index in [2.05, 4.69) is 20.8 Å². The second-order valence-corrected chi connectivity index (χ2v) is 13.9. The standard InChI is InChI=1S/C40H40O10/c1-26-35-16-31(49-37(41)27-4-8-29(9-5-27)47-24-45-22-39(2)18-43-19-39)12-14-33(35)34-15-13-32(17-36(26)34)50-38(42)28-6-10-30(11-7-28)48-25-46-23-40(3)20-44-21-40/h4-17,26H,18-25H2,1-3H3. The molecule has 260 valence electrons. The van der Waals surface area contributed by atoms with Crippen LogP contribution in [0.4, 0.5) is 0 Å². The van der Waals surface area contributed by atoms with Gasteiger partial charge in [0, 0.05) is 16.7 Å². The summed E-state index contributed by atoms with van der Waals surface area (Å²) >= 11 is 0. The predicted octanol–water partition coefficient (Wildman–Crippen LogP) is 7.04. The quantitative estimate of drug-likeness (QED) is 0.0596. The van der Waals surface area contributed by atoms with Gasteiger partial charge in [-0.1, -0.05) is 32.9 Å². The molecule has 50 heavy (non-hydrogen) atoms. The first-order valence-electron chi connectivity index (χ1n) is 16.7. The maximum atomic E-state index is 13.0. The average molecular weight is 681 g/mol. The van der Waals surface area contributed by atoms with E-state index in [4.69, 9.17) is 37.9 Å². The molecule has 4 aromatic carbocycles. The Morgan fingerprint density at radius 3 is 1.34 bits per heavy atom. The Morgan fingerprint density at radius 1 is 0.600 bits per heavy atom. The van der Waals surface area contributed by atoms with Crippen LogP contribution in [0.1, 0.15) is 58.5 Å². The molecule has 0 aromatic heterocycles. The summed E-state index contributed by atoms with van der Waals surface area (Å²) in [6.45, 7) is 10.4. The van der Waals surface area contributed by atoms with Crippen LogP contribution in [0.5, 0.6) is 23.0 Å². The van der Waals surface area contributed by atoms with Gasteiger partial charge in [0.2, 0.25) is 0 Å². The molecule has 2 fully saturated rings. The van der Waals surface area contributed by atoms with Crippen molar-refractivity contribution in [3.63, 3.8) is 0 Å². The highest BCUT2D eigenvalue weighted by atomic mass is 16.7. The van der Waals surface area contributed by atoms with E-state index >= 15 is 0 Å². The molecule has 0 atom stereocenters. The molecule has 0 unspecified atom stereocenters. The minimum atomic E-state index is -0.468. The van der Waals surface area contributed by atoms with Crippen LogP contribution in [-0.4, -0.2) is 65.2 Å². The molecule has 10 heteroatoms. The van der Waals surface area contributed by atoms with E-state index in [0.29, 0.717) is 73.8 Å². The number of carbonyl (C=O) groups is 2. The molecule has 7 rings (SSSR count). The Labute approximate surface area is 291 Å². The number of hydrogen-bond acceptors (Lipinski definition) is 10. The van der Waals surface area contributed by atoms with E-state index < -0.39 is 11.9 Å². The van der Waals surface area contributed by atoms with Gasteiger partial charge in [0.25, 0.3) is 0 Å². The summed E-state index contributed by atoms with van der Waals surface area (Å²) in [4.78, 5) is 25.9. The van der Waals surface area contributed by atoms with Gasteiger partial charge < -0.3 is 37.9 Å². The first kappa shape index (κ1) is 33.7. The Kier molecular flexibility index (Phi) is 9.61. The smallest absolute Gasteiger partial charge is 0.343 e. The van der Waals surface area contributed by atoms with Crippen LogP contribution in [0.15, 0.2) is 84.9 Å². The van der Waals surface area contributed by atoms with E-state index in [9.17, 15) is 9.59 Å². The normalized spacial score (nSPS) is 16.7. The molecule has 1 aliphatic carbocycles. The predicted molar refractivity (Wildman–Crippen MR) is 183 cm³/mol. The largest absolute Gasteiger partial charge is 0.468 e. The number of fused-ring (bicyclic) bond motifs is 3. The highest BCUT2D eigenvalue weighted by Gasteiger charge is 2.34. The van der Waals surface area contributed by atoms with E-state index in [1.165, 1.54) is 0 Å². The molecule has 0 saturated carbocycles. The molecule has 3 aliphatic rings. The van der Waals surface area contributed by atoms with Gasteiger partial charge in [0.1, 0.15) is 23.0 Å². The van der Waals surface area contributed by atoms with Gasteiger partial charge in [-0.2, -0.15) is 0 Å².